The van der Waals surface area contributed by atoms with Crippen LogP contribution in [0.15, 0.2) is 48.1 Å². The third-order valence-electron chi connectivity index (χ3n) is 1.74. The maximum atomic E-state index is 11.3. The topological polar surface area (TPSA) is 34.1 Å². The van der Waals surface area contributed by atoms with Crippen molar-refractivity contribution in [1.82, 2.24) is 0 Å². The molecule has 1 rings (SSSR count). The van der Waals surface area contributed by atoms with Gasteiger partial charge in [0.1, 0.15) is 0 Å². The van der Waals surface area contributed by atoms with Crippen molar-refractivity contribution < 1.29 is 9.59 Å². The van der Waals surface area contributed by atoms with E-state index in [1.54, 1.807) is 19.1 Å². The predicted molar refractivity (Wildman–Crippen MR) is 51.2 cm³/mol. The van der Waals surface area contributed by atoms with E-state index in [4.69, 9.17) is 0 Å². The van der Waals surface area contributed by atoms with Crippen LogP contribution in [0.3, 0.4) is 0 Å². The second kappa shape index (κ2) is 3.81. The highest BCUT2D eigenvalue weighted by atomic mass is 16.1. The minimum atomic E-state index is -0.164. The van der Waals surface area contributed by atoms with Crippen molar-refractivity contribution in [2.24, 2.45) is 0 Å². The Hall–Kier alpha value is -1.70. The van der Waals surface area contributed by atoms with Crippen LogP contribution in [0.2, 0.25) is 0 Å². The Balaban J connectivity index is 3.26. The van der Waals surface area contributed by atoms with E-state index in [0.717, 1.165) is 0 Å². The lowest BCUT2D eigenvalue weighted by atomic mass is 9.95. The van der Waals surface area contributed by atoms with Crippen LogP contribution in [-0.4, -0.2) is 11.6 Å². The minimum Gasteiger partial charge on any atom is -0.289 e. The Morgan fingerprint density at radius 1 is 1.15 bits per heavy atom. The molecule has 0 aromatic rings. The summed E-state index contributed by atoms with van der Waals surface area (Å²) in [6.45, 7) is 5.30. The highest BCUT2D eigenvalue weighted by molar-refractivity contribution is 6.22. The van der Waals surface area contributed by atoms with Gasteiger partial charge in [-0.25, -0.2) is 0 Å². The highest BCUT2D eigenvalue weighted by Crippen LogP contribution is 2.16. The summed E-state index contributed by atoms with van der Waals surface area (Å²) in [4.78, 5) is 22.6. The van der Waals surface area contributed by atoms with E-state index in [1.807, 2.05) is 0 Å². The molecule has 0 heterocycles. The third-order valence-corrected chi connectivity index (χ3v) is 1.74. The van der Waals surface area contributed by atoms with Crippen LogP contribution in [0.1, 0.15) is 6.92 Å². The number of carbonyl (C=O) groups excluding carboxylic acids is 2. The first-order valence-corrected chi connectivity index (χ1v) is 3.97. The van der Waals surface area contributed by atoms with E-state index in [1.165, 1.54) is 18.2 Å². The summed E-state index contributed by atoms with van der Waals surface area (Å²) in [5, 5.41) is 0. The number of carbonyl (C=O) groups is 2. The zero-order valence-corrected chi connectivity index (χ0v) is 7.41. The largest absolute Gasteiger partial charge is 0.289 e. The quantitative estimate of drug-likeness (QED) is 0.598. The first-order valence-electron chi connectivity index (χ1n) is 3.97. The Labute approximate surface area is 76.9 Å². The summed E-state index contributed by atoms with van der Waals surface area (Å²) in [6.07, 6.45) is 7.32. The van der Waals surface area contributed by atoms with E-state index in [0.29, 0.717) is 11.1 Å². The first kappa shape index (κ1) is 9.39. The van der Waals surface area contributed by atoms with Gasteiger partial charge in [-0.15, -0.1) is 0 Å². The Bertz CT molecular complexity index is 354. The van der Waals surface area contributed by atoms with Gasteiger partial charge in [-0.2, -0.15) is 0 Å². The summed E-state index contributed by atoms with van der Waals surface area (Å²) < 4.78 is 0. The SMILES string of the molecule is C=CC1=C(/C=C\C)C(=O)C=CC1=O. The molecule has 0 bridgehead atoms. The fourth-order valence-corrected chi connectivity index (χ4v) is 1.15. The molecule has 0 atom stereocenters. The van der Waals surface area contributed by atoms with Crippen molar-refractivity contribution in [3.63, 3.8) is 0 Å². The molecule has 0 amide bonds. The van der Waals surface area contributed by atoms with Gasteiger partial charge in [0.05, 0.1) is 0 Å². The van der Waals surface area contributed by atoms with E-state index in [9.17, 15) is 9.59 Å². The van der Waals surface area contributed by atoms with Crippen LogP contribution in [0.25, 0.3) is 0 Å². The van der Waals surface area contributed by atoms with Crippen LogP contribution in [0.5, 0.6) is 0 Å². The second-order valence-electron chi connectivity index (χ2n) is 2.59. The lowest BCUT2D eigenvalue weighted by Gasteiger charge is -2.07. The molecule has 2 nitrogen and oxygen atoms in total. The van der Waals surface area contributed by atoms with Crippen molar-refractivity contribution in [3.05, 3.63) is 48.1 Å². The maximum absolute atomic E-state index is 11.3. The molecule has 0 radical (unpaired) electrons. The van der Waals surface area contributed by atoms with Crippen molar-refractivity contribution in [2.45, 2.75) is 6.92 Å². The summed E-state index contributed by atoms with van der Waals surface area (Å²) >= 11 is 0. The number of rotatable bonds is 2. The standard InChI is InChI=1S/C11H10O2/c1-3-5-9-8(4-2)10(12)6-7-11(9)13/h3-7H,2H2,1H3/b5-3-. The average Bonchev–Trinajstić information content (AvgIpc) is 2.12. The fourth-order valence-electron chi connectivity index (χ4n) is 1.15. The first-order chi connectivity index (χ1) is 6.20. The molecule has 13 heavy (non-hydrogen) atoms. The Morgan fingerprint density at radius 3 is 2.15 bits per heavy atom. The van der Waals surface area contributed by atoms with Crippen LogP contribution in [0, 0.1) is 0 Å². The molecule has 1 aliphatic carbocycles. The van der Waals surface area contributed by atoms with Gasteiger partial charge in [0.2, 0.25) is 0 Å². The number of allylic oxidation sites excluding steroid dienone is 7. The van der Waals surface area contributed by atoms with Crippen molar-refractivity contribution in [2.75, 3.05) is 0 Å². The van der Waals surface area contributed by atoms with E-state index >= 15 is 0 Å². The highest BCUT2D eigenvalue weighted by Gasteiger charge is 2.17. The summed E-state index contributed by atoms with van der Waals surface area (Å²) in [5.74, 6) is -0.310. The summed E-state index contributed by atoms with van der Waals surface area (Å²) in [7, 11) is 0. The van der Waals surface area contributed by atoms with Gasteiger partial charge < -0.3 is 0 Å². The molecule has 66 valence electrons. The van der Waals surface area contributed by atoms with E-state index in [-0.39, 0.29) is 11.6 Å². The number of hydrogen-bond donors (Lipinski definition) is 0. The molecule has 0 N–H and O–H groups in total. The molecule has 1 aliphatic rings. The fraction of sp³-hybridized carbons (Fsp3) is 0.0909. The molecule has 0 saturated heterocycles. The van der Waals surface area contributed by atoms with E-state index < -0.39 is 0 Å². The van der Waals surface area contributed by atoms with Crippen molar-refractivity contribution in [1.29, 1.82) is 0 Å². The van der Waals surface area contributed by atoms with Crippen LogP contribution in [0.4, 0.5) is 0 Å². The Morgan fingerprint density at radius 2 is 1.69 bits per heavy atom. The molecule has 0 aliphatic heterocycles. The van der Waals surface area contributed by atoms with Gasteiger partial charge in [-0.1, -0.05) is 24.8 Å². The lowest BCUT2D eigenvalue weighted by Crippen LogP contribution is -2.11. The minimum absolute atomic E-state index is 0.146. The molecular formula is C11H10O2. The lowest BCUT2D eigenvalue weighted by molar-refractivity contribution is -0.114. The smallest absolute Gasteiger partial charge is 0.186 e. The van der Waals surface area contributed by atoms with Gasteiger partial charge in [0.15, 0.2) is 11.6 Å². The summed E-state index contributed by atoms with van der Waals surface area (Å²) in [5.41, 5.74) is 0.801. The molecular weight excluding hydrogens is 164 g/mol. The monoisotopic (exact) mass is 174 g/mol. The Kier molecular flexibility index (Phi) is 2.75. The van der Waals surface area contributed by atoms with Crippen molar-refractivity contribution in [3.8, 4) is 0 Å². The maximum Gasteiger partial charge on any atom is 0.186 e. The molecule has 0 fully saturated rings. The van der Waals surface area contributed by atoms with Crippen LogP contribution < -0.4 is 0 Å². The van der Waals surface area contributed by atoms with E-state index in [2.05, 4.69) is 6.58 Å². The molecule has 0 spiro atoms. The van der Waals surface area contributed by atoms with Gasteiger partial charge >= 0.3 is 0 Å². The average molecular weight is 174 g/mol. The number of ketones is 2. The molecule has 0 aromatic carbocycles. The zero-order valence-electron chi connectivity index (χ0n) is 7.41. The second-order valence-corrected chi connectivity index (χ2v) is 2.59. The third kappa shape index (κ3) is 1.72. The van der Waals surface area contributed by atoms with Crippen LogP contribution >= 0.6 is 0 Å². The molecule has 2 heteroatoms. The normalized spacial score (nSPS) is 17.3. The molecule has 0 aromatic heterocycles. The molecule has 0 saturated carbocycles. The summed E-state index contributed by atoms with van der Waals surface area (Å²) in [6, 6.07) is 0. The zero-order chi connectivity index (χ0) is 9.84. The van der Waals surface area contributed by atoms with Gasteiger partial charge in [0.25, 0.3) is 0 Å². The van der Waals surface area contributed by atoms with Gasteiger partial charge in [-0.05, 0) is 19.1 Å². The van der Waals surface area contributed by atoms with Crippen LogP contribution in [-0.2, 0) is 9.59 Å². The molecule has 0 unspecified atom stereocenters. The van der Waals surface area contributed by atoms with Crippen molar-refractivity contribution >= 4 is 11.6 Å². The van der Waals surface area contributed by atoms with Gasteiger partial charge in [0, 0.05) is 11.1 Å². The van der Waals surface area contributed by atoms with Gasteiger partial charge in [-0.3, -0.25) is 9.59 Å². The number of hydrogen-bond acceptors (Lipinski definition) is 2. The predicted octanol–water partition coefficient (Wildman–Crippen LogP) is 1.75.